The Hall–Kier alpha value is 0.905. The normalized spacial score (nSPS) is 7.00. The van der Waals surface area contributed by atoms with Crippen LogP contribution >= 0.6 is 0 Å². The Balaban J connectivity index is -0.000000180. The Labute approximate surface area is 77.6 Å². The molecule has 0 aliphatic rings. The first kappa shape index (κ1) is 16.5. The van der Waals surface area contributed by atoms with Crippen molar-refractivity contribution in [3.63, 3.8) is 0 Å². The van der Waals surface area contributed by atoms with Crippen molar-refractivity contribution in [2.24, 2.45) is 0 Å². The number of rotatable bonds is 3. The first-order chi connectivity index (χ1) is 3.35. The average molecular weight is 146 g/mol. The molecule has 0 radical (unpaired) electrons. The molecule has 52 valence electrons. The molecule has 4 nitrogen and oxygen atoms in total. The van der Waals surface area contributed by atoms with E-state index in [0.29, 0.717) is 0 Å². The second kappa shape index (κ2) is 11.7. The van der Waals surface area contributed by atoms with Gasteiger partial charge in [-0.25, -0.2) is 0 Å². The average Bonchev–Trinajstić information content (AvgIpc) is 1.72. The Kier molecular flexibility index (Phi) is 21.4. The molecule has 0 aromatic carbocycles. The van der Waals surface area contributed by atoms with Crippen LogP contribution in [0.3, 0.4) is 0 Å². The topological polar surface area (TPSA) is 59.2 Å². The molecule has 0 aliphatic heterocycles. The fourth-order valence-electron chi connectivity index (χ4n) is 0.289. The standard InChI is InChI=1S/C3H9BO3.Na.H2O.H/c1-5-4(6-2)7-3;;;/h1-3H3;;1H2;. The summed E-state index contributed by atoms with van der Waals surface area (Å²) in [4.78, 5) is 0. The molecule has 0 bridgehead atoms. The van der Waals surface area contributed by atoms with Crippen molar-refractivity contribution < 1.29 is 19.4 Å². The molecule has 6 heteroatoms. The van der Waals surface area contributed by atoms with Gasteiger partial charge in [0.25, 0.3) is 0 Å². The summed E-state index contributed by atoms with van der Waals surface area (Å²) in [7, 11) is 4.02. The van der Waals surface area contributed by atoms with Gasteiger partial charge >= 0.3 is 36.9 Å². The molecule has 2 N–H and O–H groups in total. The van der Waals surface area contributed by atoms with Gasteiger partial charge in [-0.3, -0.25) is 0 Å². The Morgan fingerprint density at radius 2 is 1.11 bits per heavy atom. The molecule has 0 aliphatic carbocycles. The molecule has 0 aromatic rings. The molecular weight excluding hydrogens is 134 g/mol. The summed E-state index contributed by atoms with van der Waals surface area (Å²) in [5.41, 5.74) is 0. The minimum absolute atomic E-state index is 0. The van der Waals surface area contributed by atoms with Crippen molar-refractivity contribution in [3.05, 3.63) is 0 Å². The van der Waals surface area contributed by atoms with Crippen LogP contribution in [0, 0.1) is 0 Å². The Morgan fingerprint density at radius 3 is 1.11 bits per heavy atom. The molecule has 0 aromatic heterocycles. The van der Waals surface area contributed by atoms with E-state index in [-0.39, 0.29) is 35.0 Å². The molecule has 0 amide bonds. The molecule has 0 atom stereocenters. The summed E-state index contributed by atoms with van der Waals surface area (Å²) in [6.07, 6.45) is 0. The quantitative estimate of drug-likeness (QED) is 0.452. The summed E-state index contributed by atoms with van der Waals surface area (Å²) in [6, 6.07) is 0. The second-order valence-corrected chi connectivity index (χ2v) is 0.996. The van der Waals surface area contributed by atoms with Gasteiger partial charge in [-0.1, -0.05) is 0 Å². The molecule has 0 unspecified atom stereocenters. The zero-order valence-electron chi connectivity index (χ0n) is 5.30. The van der Waals surface area contributed by atoms with Gasteiger partial charge in [0, 0.05) is 21.3 Å². The predicted molar refractivity (Wildman–Crippen MR) is 37.5 cm³/mol. The first-order valence-electron chi connectivity index (χ1n) is 1.93. The predicted octanol–water partition coefficient (Wildman–Crippen LogP) is -1.56. The van der Waals surface area contributed by atoms with E-state index in [4.69, 9.17) is 0 Å². The molecule has 0 fully saturated rings. The van der Waals surface area contributed by atoms with E-state index < -0.39 is 7.32 Å². The Morgan fingerprint density at radius 1 is 0.889 bits per heavy atom. The van der Waals surface area contributed by atoms with Crippen molar-refractivity contribution in [2.75, 3.05) is 21.3 Å². The van der Waals surface area contributed by atoms with Gasteiger partial charge in [-0.05, 0) is 0 Å². The van der Waals surface area contributed by atoms with E-state index in [1.54, 1.807) is 0 Å². The van der Waals surface area contributed by atoms with Crippen LogP contribution in [-0.4, -0.2) is 63.7 Å². The number of hydrogen-bond acceptors (Lipinski definition) is 3. The van der Waals surface area contributed by atoms with E-state index in [9.17, 15) is 0 Å². The monoisotopic (exact) mass is 146 g/mol. The molecule has 0 spiro atoms. The van der Waals surface area contributed by atoms with E-state index in [0.717, 1.165) is 0 Å². The third-order valence-corrected chi connectivity index (χ3v) is 0.577. The molecule has 9 heavy (non-hydrogen) atoms. The van der Waals surface area contributed by atoms with Gasteiger partial charge in [0.05, 0.1) is 0 Å². The van der Waals surface area contributed by atoms with Crippen LogP contribution in [0.4, 0.5) is 0 Å². The summed E-state index contributed by atoms with van der Waals surface area (Å²) in [5.74, 6) is 0. The van der Waals surface area contributed by atoms with Gasteiger partial charge in [0.2, 0.25) is 0 Å². The maximum absolute atomic E-state index is 4.60. The summed E-state index contributed by atoms with van der Waals surface area (Å²) in [5, 5.41) is 0. The third-order valence-electron chi connectivity index (χ3n) is 0.577. The summed E-state index contributed by atoms with van der Waals surface area (Å²) < 4.78 is 13.8. The number of hydrogen-bond donors (Lipinski definition) is 0. The molecule has 0 rings (SSSR count). The minimum atomic E-state index is -0.514. The van der Waals surface area contributed by atoms with E-state index >= 15 is 0 Å². The summed E-state index contributed by atoms with van der Waals surface area (Å²) >= 11 is 0. The van der Waals surface area contributed by atoms with Crippen LogP contribution in [0.25, 0.3) is 0 Å². The molecular formula is C3H12BNaO4. The molecule has 0 saturated carbocycles. The SMILES string of the molecule is COB(OC)OC.O.[NaH]. The molecule has 0 heterocycles. The van der Waals surface area contributed by atoms with Crippen LogP contribution < -0.4 is 0 Å². The van der Waals surface area contributed by atoms with Crippen molar-refractivity contribution in [2.45, 2.75) is 0 Å². The molecule has 0 saturated heterocycles. The van der Waals surface area contributed by atoms with Crippen molar-refractivity contribution in [1.29, 1.82) is 0 Å². The fraction of sp³-hybridized carbons (Fsp3) is 1.00. The van der Waals surface area contributed by atoms with Crippen LogP contribution in [0.1, 0.15) is 0 Å². The Bertz CT molecular complexity index is 37.3. The zero-order valence-corrected chi connectivity index (χ0v) is 5.30. The maximum atomic E-state index is 4.60. The van der Waals surface area contributed by atoms with Crippen LogP contribution in [-0.2, 0) is 14.0 Å². The first-order valence-corrected chi connectivity index (χ1v) is 1.93. The van der Waals surface area contributed by atoms with Crippen LogP contribution in [0.5, 0.6) is 0 Å². The third kappa shape index (κ3) is 8.90. The van der Waals surface area contributed by atoms with E-state index in [1.807, 2.05) is 0 Å². The zero-order chi connectivity index (χ0) is 5.70. The van der Waals surface area contributed by atoms with Gasteiger partial charge in [0.15, 0.2) is 0 Å². The van der Waals surface area contributed by atoms with Crippen LogP contribution in [0.15, 0.2) is 0 Å². The van der Waals surface area contributed by atoms with E-state index in [1.165, 1.54) is 21.3 Å². The van der Waals surface area contributed by atoms with Crippen LogP contribution in [0.2, 0.25) is 0 Å². The van der Waals surface area contributed by atoms with Gasteiger partial charge in [-0.15, -0.1) is 0 Å². The summed E-state index contributed by atoms with van der Waals surface area (Å²) in [6.45, 7) is 0. The van der Waals surface area contributed by atoms with Crippen molar-refractivity contribution in [3.8, 4) is 0 Å². The van der Waals surface area contributed by atoms with Gasteiger partial charge in [-0.2, -0.15) is 0 Å². The van der Waals surface area contributed by atoms with Crippen molar-refractivity contribution >= 4 is 36.9 Å². The second-order valence-electron chi connectivity index (χ2n) is 0.996. The van der Waals surface area contributed by atoms with Gasteiger partial charge in [0.1, 0.15) is 0 Å². The van der Waals surface area contributed by atoms with Gasteiger partial charge < -0.3 is 19.4 Å². The fourth-order valence-corrected chi connectivity index (χ4v) is 0.289. The van der Waals surface area contributed by atoms with Crippen molar-refractivity contribution in [1.82, 2.24) is 0 Å². The van der Waals surface area contributed by atoms with E-state index in [2.05, 4.69) is 14.0 Å².